The first-order valence-corrected chi connectivity index (χ1v) is 2.68. The Labute approximate surface area is 64.6 Å². The lowest BCUT2D eigenvalue weighted by molar-refractivity contribution is -0.545. The van der Waals surface area contributed by atoms with Gasteiger partial charge in [0.15, 0.2) is 0 Å². The molecule has 0 aromatic rings. The molecule has 0 saturated carbocycles. The maximum atomic E-state index is 11.6. The van der Waals surface area contributed by atoms with E-state index in [1.165, 1.54) is 0 Å². The van der Waals surface area contributed by atoms with Crippen molar-refractivity contribution in [1.82, 2.24) is 0 Å². The molecule has 0 radical (unpaired) electrons. The molecule has 0 N–H and O–H groups in total. The lowest BCUT2D eigenvalue weighted by atomic mass is 10.1. The predicted octanol–water partition coefficient (Wildman–Crippen LogP) is 2.02. The number of rotatable bonds is 5. The van der Waals surface area contributed by atoms with Crippen LogP contribution in [-0.2, 0) is 19.8 Å². The standard InChI is InChI=1S/C4H6F4O4/c1-3(9-5,10-6)4(2,11-7)12-8/h1-2H3. The Morgan fingerprint density at radius 2 is 0.833 bits per heavy atom. The highest BCUT2D eigenvalue weighted by atomic mass is 19.3. The molecule has 0 bridgehead atoms. The number of halogens is 4. The van der Waals surface area contributed by atoms with Crippen molar-refractivity contribution in [3.63, 3.8) is 0 Å². The van der Waals surface area contributed by atoms with Crippen molar-refractivity contribution in [2.24, 2.45) is 0 Å². The molecule has 0 spiro atoms. The van der Waals surface area contributed by atoms with Crippen molar-refractivity contribution in [1.29, 1.82) is 0 Å². The molecule has 74 valence electrons. The van der Waals surface area contributed by atoms with Gasteiger partial charge >= 0.3 is 11.6 Å². The van der Waals surface area contributed by atoms with Crippen LogP contribution in [0.4, 0.5) is 18.1 Å². The second kappa shape index (κ2) is 3.99. The first-order chi connectivity index (χ1) is 5.49. The molecular formula is C4H6F4O4. The molecule has 0 rings (SSSR count). The summed E-state index contributed by atoms with van der Waals surface area (Å²) in [4.78, 5) is 11.2. The van der Waals surface area contributed by atoms with Crippen molar-refractivity contribution in [3.05, 3.63) is 0 Å². The smallest absolute Gasteiger partial charge is 0.149 e. The van der Waals surface area contributed by atoms with Crippen LogP contribution in [0.25, 0.3) is 0 Å². The van der Waals surface area contributed by atoms with Gasteiger partial charge in [-0.3, -0.25) is 0 Å². The summed E-state index contributed by atoms with van der Waals surface area (Å²) in [5.41, 5.74) is 0. The minimum absolute atomic E-state index is 0.520. The lowest BCUT2D eigenvalue weighted by Gasteiger charge is -2.30. The van der Waals surface area contributed by atoms with Crippen LogP contribution in [-0.4, -0.2) is 11.6 Å². The number of hydrogen-bond donors (Lipinski definition) is 0. The van der Waals surface area contributed by atoms with E-state index in [-0.39, 0.29) is 0 Å². The van der Waals surface area contributed by atoms with Crippen molar-refractivity contribution >= 4 is 0 Å². The van der Waals surface area contributed by atoms with E-state index in [0.717, 1.165) is 0 Å². The fourth-order valence-electron chi connectivity index (χ4n) is 0.304. The van der Waals surface area contributed by atoms with Gasteiger partial charge in [0, 0.05) is 13.8 Å². The van der Waals surface area contributed by atoms with Gasteiger partial charge in [-0.25, -0.2) is 0 Å². The van der Waals surface area contributed by atoms with E-state index in [9.17, 15) is 18.1 Å². The Balaban J connectivity index is 4.66. The number of hydrogen-bond acceptors (Lipinski definition) is 4. The Hall–Kier alpha value is -0.440. The summed E-state index contributed by atoms with van der Waals surface area (Å²) in [6, 6.07) is 0. The maximum absolute atomic E-state index is 11.6. The van der Waals surface area contributed by atoms with E-state index in [0.29, 0.717) is 13.8 Å². The van der Waals surface area contributed by atoms with Crippen LogP contribution in [0, 0.1) is 0 Å². The first-order valence-electron chi connectivity index (χ1n) is 2.68. The maximum Gasteiger partial charge on any atom is 0.300 e. The fraction of sp³-hybridized carbons (Fsp3) is 1.00. The zero-order valence-corrected chi connectivity index (χ0v) is 6.14. The lowest BCUT2D eigenvalue weighted by Crippen LogP contribution is -2.52. The average molecular weight is 194 g/mol. The molecule has 8 heteroatoms. The van der Waals surface area contributed by atoms with Crippen LogP contribution in [0.15, 0.2) is 0 Å². The van der Waals surface area contributed by atoms with E-state index >= 15 is 0 Å². The minimum atomic E-state index is -2.99. The molecule has 0 saturated heterocycles. The van der Waals surface area contributed by atoms with Crippen molar-refractivity contribution < 1.29 is 37.9 Å². The van der Waals surface area contributed by atoms with Crippen LogP contribution in [0.3, 0.4) is 0 Å². The molecule has 0 aliphatic heterocycles. The van der Waals surface area contributed by atoms with E-state index in [2.05, 4.69) is 19.8 Å². The Kier molecular flexibility index (Phi) is 3.84. The van der Waals surface area contributed by atoms with Crippen molar-refractivity contribution in [2.75, 3.05) is 0 Å². The third kappa shape index (κ3) is 1.66. The topological polar surface area (TPSA) is 36.9 Å². The van der Waals surface area contributed by atoms with E-state index in [1.807, 2.05) is 0 Å². The minimum Gasteiger partial charge on any atom is -0.149 e. The molecule has 0 heterocycles. The molecule has 0 aromatic heterocycles. The van der Waals surface area contributed by atoms with E-state index in [1.54, 1.807) is 0 Å². The first kappa shape index (κ1) is 11.6. The second-order valence-corrected chi connectivity index (χ2v) is 2.20. The van der Waals surface area contributed by atoms with Gasteiger partial charge in [-0.1, -0.05) is 0 Å². The Bertz CT molecular complexity index is 119. The molecule has 0 atom stereocenters. The van der Waals surface area contributed by atoms with Crippen LogP contribution in [0.2, 0.25) is 0 Å². The quantitative estimate of drug-likeness (QED) is 0.495. The Morgan fingerprint density at radius 3 is 0.917 bits per heavy atom. The molecule has 4 nitrogen and oxygen atoms in total. The Morgan fingerprint density at radius 1 is 0.667 bits per heavy atom. The van der Waals surface area contributed by atoms with Gasteiger partial charge in [0.05, 0.1) is 0 Å². The van der Waals surface area contributed by atoms with Crippen LogP contribution >= 0.6 is 0 Å². The van der Waals surface area contributed by atoms with Gasteiger partial charge in [0.1, 0.15) is 0 Å². The van der Waals surface area contributed by atoms with Crippen LogP contribution < -0.4 is 0 Å². The SMILES string of the molecule is CC(OF)(OF)C(C)(OF)OF. The van der Waals surface area contributed by atoms with E-state index < -0.39 is 11.6 Å². The molecule has 0 aliphatic rings. The highest BCUT2D eigenvalue weighted by molar-refractivity contribution is 4.77. The average Bonchev–Trinajstić information content (AvgIpc) is 2.15. The van der Waals surface area contributed by atoms with Crippen LogP contribution in [0.5, 0.6) is 0 Å². The third-order valence-corrected chi connectivity index (χ3v) is 1.41. The summed E-state index contributed by atoms with van der Waals surface area (Å²) >= 11 is 0. The van der Waals surface area contributed by atoms with Gasteiger partial charge in [0.25, 0.3) is 0 Å². The molecule has 0 fully saturated rings. The largest absolute Gasteiger partial charge is 0.300 e. The van der Waals surface area contributed by atoms with Gasteiger partial charge in [-0.05, 0) is 18.1 Å². The molecule has 0 aliphatic carbocycles. The highest BCUT2D eigenvalue weighted by Gasteiger charge is 2.56. The van der Waals surface area contributed by atoms with Crippen molar-refractivity contribution in [2.45, 2.75) is 25.4 Å². The molecular weight excluding hydrogens is 188 g/mol. The van der Waals surface area contributed by atoms with Gasteiger partial charge < -0.3 is 0 Å². The monoisotopic (exact) mass is 194 g/mol. The summed E-state index contributed by atoms with van der Waals surface area (Å²) in [6.07, 6.45) is 0. The summed E-state index contributed by atoms with van der Waals surface area (Å²) in [7, 11) is 0. The third-order valence-electron chi connectivity index (χ3n) is 1.41. The summed E-state index contributed by atoms with van der Waals surface area (Å²) in [5, 5.41) is 0. The molecule has 0 aromatic carbocycles. The second-order valence-electron chi connectivity index (χ2n) is 2.20. The summed E-state index contributed by atoms with van der Waals surface area (Å²) in [5.74, 6) is -5.98. The van der Waals surface area contributed by atoms with Gasteiger partial charge in [-0.2, -0.15) is 0 Å². The predicted molar refractivity (Wildman–Crippen MR) is 25.6 cm³/mol. The van der Waals surface area contributed by atoms with Gasteiger partial charge in [0.2, 0.25) is 0 Å². The zero-order chi connectivity index (χ0) is 9.83. The van der Waals surface area contributed by atoms with Crippen LogP contribution in [0.1, 0.15) is 13.8 Å². The highest BCUT2D eigenvalue weighted by Crippen LogP contribution is 2.33. The molecule has 0 unspecified atom stereocenters. The molecule has 12 heavy (non-hydrogen) atoms. The zero-order valence-electron chi connectivity index (χ0n) is 6.14. The van der Waals surface area contributed by atoms with Gasteiger partial charge in [-0.15, -0.1) is 19.8 Å². The summed E-state index contributed by atoms with van der Waals surface area (Å²) < 4.78 is 46.2. The summed E-state index contributed by atoms with van der Waals surface area (Å²) in [6.45, 7) is 1.04. The normalized spacial score (nSPS) is 13.5. The van der Waals surface area contributed by atoms with E-state index in [4.69, 9.17) is 0 Å². The van der Waals surface area contributed by atoms with Crippen molar-refractivity contribution in [3.8, 4) is 0 Å². The molecule has 0 amide bonds. The fourth-order valence-corrected chi connectivity index (χ4v) is 0.304.